The lowest BCUT2D eigenvalue weighted by atomic mass is 9.80. The molecule has 2 aliphatic heterocycles. The van der Waals surface area contributed by atoms with Crippen molar-refractivity contribution in [2.75, 3.05) is 31.1 Å². The molecule has 3 aromatic rings. The molecule has 1 unspecified atom stereocenters. The summed E-state index contributed by atoms with van der Waals surface area (Å²) in [5.74, 6) is 0.358. The van der Waals surface area contributed by atoms with Gasteiger partial charge >= 0.3 is 0 Å². The van der Waals surface area contributed by atoms with Gasteiger partial charge in [0.25, 0.3) is 0 Å². The zero-order valence-corrected chi connectivity index (χ0v) is 19.9. The highest BCUT2D eigenvalue weighted by Crippen LogP contribution is 2.42. The van der Waals surface area contributed by atoms with Crippen LogP contribution in [-0.2, 0) is 6.42 Å². The van der Waals surface area contributed by atoms with Gasteiger partial charge in [-0.1, -0.05) is 48.5 Å². The minimum atomic E-state index is 0.358. The Kier molecular flexibility index (Phi) is 5.66. The van der Waals surface area contributed by atoms with Crippen LogP contribution in [0.3, 0.4) is 0 Å². The third-order valence-electron chi connectivity index (χ3n) is 8.18. The van der Waals surface area contributed by atoms with Gasteiger partial charge in [0.05, 0.1) is 0 Å². The Balaban J connectivity index is 1.38. The molecule has 3 aliphatic rings. The third-order valence-corrected chi connectivity index (χ3v) is 8.18. The monoisotopic (exact) mass is 450 g/mol. The second-order valence-electron chi connectivity index (χ2n) is 10.4. The van der Waals surface area contributed by atoms with Crippen LogP contribution >= 0.6 is 0 Å². The molecular formula is C31H34N2O. The fourth-order valence-corrected chi connectivity index (χ4v) is 6.40. The average Bonchev–Trinajstić information content (AvgIpc) is 3.18. The number of rotatable bonds is 3. The molecule has 2 fully saturated rings. The highest BCUT2D eigenvalue weighted by molar-refractivity contribution is 6.00. The summed E-state index contributed by atoms with van der Waals surface area (Å²) in [5, 5.41) is 13.8. The molecule has 0 saturated carbocycles. The van der Waals surface area contributed by atoms with Gasteiger partial charge in [-0.05, 0) is 103 Å². The van der Waals surface area contributed by atoms with Crippen molar-refractivity contribution in [1.82, 2.24) is 5.32 Å². The first-order valence-electron chi connectivity index (χ1n) is 12.9. The summed E-state index contributed by atoms with van der Waals surface area (Å²) >= 11 is 0. The minimum Gasteiger partial charge on any atom is -0.508 e. The molecule has 1 spiro atoms. The molecule has 6 rings (SSSR count). The largest absolute Gasteiger partial charge is 0.508 e. The number of fused-ring (bicyclic) bond motifs is 1. The molecule has 3 nitrogen and oxygen atoms in total. The zero-order valence-electron chi connectivity index (χ0n) is 19.9. The molecule has 2 saturated heterocycles. The van der Waals surface area contributed by atoms with E-state index in [9.17, 15) is 5.11 Å². The summed E-state index contributed by atoms with van der Waals surface area (Å²) in [4.78, 5) is 2.59. The van der Waals surface area contributed by atoms with E-state index < -0.39 is 0 Å². The van der Waals surface area contributed by atoms with E-state index in [1.54, 1.807) is 0 Å². The van der Waals surface area contributed by atoms with E-state index in [0.29, 0.717) is 11.2 Å². The second kappa shape index (κ2) is 8.96. The topological polar surface area (TPSA) is 35.5 Å². The van der Waals surface area contributed by atoms with E-state index in [1.165, 1.54) is 78.0 Å². The lowest BCUT2D eigenvalue weighted by Gasteiger charge is -2.34. The van der Waals surface area contributed by atoms with Gasteiger partial charge in [0, 0.05) is 30.7 Å². The van der Waals surface area contributed by atoms with Crippen LogP contribution in [0.4, 0.5) is 5.69 Å². The number of benzene rings is 3. The number of phenolic OH excluding ortho intramolecular Hbond substituents is 1. The van der Waals surface area contributed by atoms with Crippen LogP contribution in [0.5, 0.6) is 5.75 Å². The highest BCUT2D eigenvalue weighted by atomic mass is 16.3. The van der Waals surface area contributed by atoms with Crippen molar-refractivity contribution in [2.24, 2.45) is 5.41 Å². The van der Waals surface area contributed by atoms with Gasteiger partial charge < -0.3 is 15.3 Å². The Morgan fingerprint density at radius 1 is 0.824 bits per heavy atom. The molecule has 0 amide bonds. The lowest BCUT2D eigenvalue weighted by Crippen LogP contribution is -2.41. The van der Waals surface area contributed by atoms with Crippen molar-refractivity contribution in [1.29, 1.82) is 0 Å². The summed E-state index contributed by atoms with van der Waals surface area (Å²) in [7, 11) is 0. The number of allylic oxidation sites excluding steroid dienone is 1. The summed E-state index contributed by atoms with van der Waals surface area (Å²) in [6.45, 7) is 4.66. The molecule has 3 heteroatoms. The first kappa shape index (κ1) is 21.5. The van der Waals surface area contributed by atoms with Crippen LogP contribution in [0.1, 0.15) is 54.4 Å². The number of aromatic hydroxyl groups is 1. The molecule has 174 valence electrons. The summed E-state index contributed by atoms with van der Waals surface area (Å²) in [6.07, 6.45) is 7.07. The Morgan fingerprint density at radius 2 is 1.68 bits per heavy atom. The zero-order chi connectivity index (χ0) is 23.0. The normalized spacial score (nSPS) is 22.6. The van der Waals surface area contributed by atoms with Gasteiger partial charge in [-0.15, -0.1) is 0 Å². The predicted molar refractivity (Wildman–Crippen MR) is 141 cm³/mol. The third kappa shape index (κ3) is 4.03. The van der Waals surface area contributed by atoms with Gasteiger partial charge in [-0.2, -0.15) is 0 Å². The first-order chi connectivity index (χ1) is 16.7. The molecule has 1 aliphatic carbocycles. The fraction of sp³-hybridized carbons (Fsp3) is 0.355. The Bertz CT molecular complexity index is 1190. The Labute approximate surface area is 203 Å². The predicted octanol–water partition coefficient (Wildman–Crippen LogP) is 6.27. The Morgan fingerprint density at radius 3 is 2.47 bits per heavy atom. The van der Waals surface area contributed by atoms with E-state index >= 15 is 0 Å². The number of nitrogens with one attached hydrogen (secondary N) is 1. The minimum absolute atomic E-state index is 0.358. The smallest absolute Gasteiger partial charge is 0.115 e. The maximum absolute atomic E-state index is 10.2. The van der Waals surface area contributed by atoms with Gasteiger partial charge in [0.2, 0.25) is 0 Å². The van der Waals surface area contributed by atoms with Crippen LogP contribution in [0.15, 0.2) is 72.8 Å². The van der Waals surface area contributed by atoms with Crippen LogP contribution in [0, 0.1) is 5.41 Å². The van der Waals surface area contributed by atoms with E-state index in [0.717, 1.165) is 25.8 Å². The van der Waals surface area contributed by atoms with Crippen molar-refractivity contribution in [3.63, 3.8) is 0 Å². The van der Waals surface area contributed by atoms with Gasteiger partial charge in [-0.3, -0.25) is 0 Å². The number of phenols is 1. The molecule has 0 radical (unpaired) electrons. The number of anilines is 1. The standard InChI is InChI=1S/C31H34N2O/c34-27-14-15-29-25(20-27)8-4-9-28(23-6-2-1-3-7-23)30(29)24-10-12-26(13-11-24)33-19-17-31(22-33)16-5-18-32-21-31/h1-3,6-7,10-15,20,32,34H,4-5,8-9,16-19,21-22H2. The first-order valence-corrected chi connectivity index (χ1v) is 12.9. The number of aryl methyl sites for hydroxylation is 1. The Hall–Kier alpha value is -3.04. The number of hydrogen-bond donors (Lipinski definition) is 2. The lowest BCUT2D eigenvalue weighted by molar-refractivity contribution is 0.239. The van der Waals surface area contributed by atoms with Gasteiger partial charge in [-0.25, -0.2) is 0 Å². The van der Waals surface area contributed by atoms with Gasteiger partial charge in [0.1, 0.15) is 5.75 Å². The maximum Gasteiger partial charge on any atom is 0.115 e. The van der Waals surface area contributed by atoms with Crippen molar-refractivity contribution in [3.8, 4) is 5.75 Å². The summed E-state index contributed by atoms with van der Waals surface area (Å²) < 4.78 is 0. The molecule has 3 aromatic carbocycles. The molecule has 2 N–H and O–H groups in total. The van der Waals surface area contributed by atoms with Crippen molar-refractivity contribution in [3.05, 3.63) is 95.1 Å². The summed E-state index contributed by atoms with van der Waals surface area (Å²) in [6, 6.07) is 26.0. The number of piperidine rings is 1. The molecule has 34 heavy (non-hydrogen) atoms. The van der Waals surface area contributed by atoms with Crippen LogP contribution in [0.2, 0.25) is 0 Å². The maximum atomic E-state index is 10.2. The number of hydrogen-bond acceptors (Lipinski definition) is 3. The summed E-state index contributed by atoms with van der Waals surface area (Å²) in [5.41, 5.74) is 9.60. The van der Waals surface area contributed by atoms with E-state index in [2.05, 4.69) is 70.9 Å². The molecular weight excluding hydrogens is 416 g/mol. The average molecular weight is 451 g/mol. The van der Waals surface area contributed by atoms with E-state index in [1.807, 2.05) is 12.1 Å². The van der Waals surface area contributed by atoms with Crippen molar-refractivity contribution < 1.29 is 5.11 Å². The van der Waals surface area contributed by atoms with Crippen molar-refractivity contribution in [2.45, 2.75) is 38.5 Å². The van der Waals surface area contributed by atoms with Crippen molar-refractivity contribution >= 4 is 16.8 Å². The van der Waals surface area contributed by atoms with Crippen LogP contribution in [-0.4, -0.2) is 31.3 Å². The fourth-order valence-electron chi connectivity index (χ4n) is 6.40. The van der Waals surface area contributed by atoms with Gasteiger partial charge in [0.15, 0.2) is 0 Å². The molecule has 0 aromatic heterocycles. The highest BCUT2D eigenvalue weighted by Gasteiger charge is 2.39. The SMILES string of the molecule is Oc1ccc2c(c1)CCCC(c1ccccc1)=C2c1ccc(N2CCC3(CCCNC3)C2)cc1. The molecule has 0 bridgehead atoms. The molecule has 1 atom stereocenters. The van der Waals surface area contributed by atoms with E-state index in [-0.39, 0.29) is 0 Å². The van der Waals surface area contributed by atoms with Crippen LogP contribution in [0.25, 0.3) is 11.1 Å². The van der Waals surface area contributed by atoms with E-state index in [4.69, 9.17) is 0 Å². The number of nitrogens with zero attached hydrogens (tertiary/aromatic N) is 1. The molecule has 2 heterocycles. The quantitative estimate of drug-likeness (QED) is 0.494. The second-order valence-corrected chi connectivity index (χ2v) is 10.4. The van der Waals surface area contributed by atoms with Crippen LogP contribution < -0.4 is 10.2 Å².